The Morgan fingerprint density at radius 3 is 2.89 bits per heavy atom. The molecule has 0 aliphatic heterocycles. The van der Waals surface area contributed by atoms with Crippen LogP contribution in [0.4, 0.5) is 0 Å². The highest BCUT2D eigenvalue weighted by atomic mass is 17.1. The molecule has 0 aromatic heterocycles. The molecule has 0 bridgehead atoms. The molecule has 0 aliphatic rings. The summed E-state index contributed by atoms with van der Waals surface area (Å²) in [6.07, 6.45) is 2.84. The predicted octanol–water partition coefficient (Wildman–Crippen LogP) is -0.923. The van der Waals surface area contributed by atoms with Crippen molar-refractivity contribution in [1.29, 1.82) is 0 Å². The van der Waals surface area contributed by atoms with Crippen molar-refractivity contribution in [2.45, 2.75) is 25.3 Å². The number of aliphatic hydroxyl groups is 1. The van der Waals surface area contributed by atoms with Gasteiger partial charge in [0, 0.05) is 24.3 Å². The van der Waals surface area contributed by atoms with E-state index >= 15 is 0 Å². The van der Waals surface area contributed by atoms with Crippen LogP contribution >= 0.6 is 0 Å². The summed E-state index contributed by atoms with van der Waals surface area (Å²) < 4.78 is 9.01. The van der Waals surface area contributed by atoms with E-state index in [1.54, 1.807) is 7.05 Å². The number of carbonyl (C=O) groups excluding carboxylic acids is 2. The summed E-state index contributed by atoms with van der Waals surface area (Å²) in [5.74, 6) is -0.116. The third-order valence-corrected chi connectivity index (χ3v) is 2.31. The number of hydrogen-bond donors (Lipinski definition) is 4. The third-order valence-electron chi connectivity index (χ3n) is 2.31. The van der Waals surface area contributed by atoms with Gasteiger partial charge in [0.2, 0.25) is 5.91 Å². The maximum absolute atomic E-state index is 11.7. The van der Waals surface area contributed by atoms with E-state index < -0.39 is 0 Å². The molecular formula is C11H23N2O5+. The van der Waals surface area contributed by atoms with E-state index in [4.69, 9.17) is 15.1 Å². The average molecular weight is 263 g/mol. The molecule has 18 heavy (non-hydrogen) atoms. The number of aliphatic hydroxyl groups excluding tert-OH is 1. The van der Waals surface area contributed by atoms with Gasteiger partial charge in [0.05, 0.1) is 19.1 Å². The number of likely N-dealkylation sites (N-methyl/N-ethyl adjacent to an activating group) is 1. The Kier molecular flexibility index (Phi) is 11.5. The lowest BCUT2D eigenvalue weighted by molar-refractivity contribution is -0.734. The highest BCUT2D eigenvalue weighted by Crippen LogP contribution is 1.94. The SMILES string of the molecule is CNC(CCC=[O+]O)C(=O)NCCOCCCO. The highest BCUT2D eigenvalue weighted by Gasteiger charge is 2.15. The van der Waals surface area contributed by atoms with Crippen LogP contribution in [0.2, 0.25) is 0 Å². The van der Waals surface area contributed by atoms with Gasteiger partial charge in [-0.2, -0.15) is 5.26 Å². The number of rotatable bonds is 11. The topological polar surface area (TPSA) is 102 Å². The van der Waals surface area contributed by atoms with Gasteiger partial charge in [-0.05, 0) is 19.9 Å². The van der Waals surface area contributed by atoms with Gasteiger partial charge in [-0.15, -0.1) is 0 Å². The maximum atomic E-state index is 11.7. The molecule has 4 N–H and O–H groups in total. The number of carbonyl (C=O) groups is 1. The van der Waals surface area contributed by atoms with Gasteiger partial charge in [-0.25, -0.2) is 0 Å². The molecule has 0 spiro atoms. The Labute approximate surface area is 107 Å². The Balaban J connectivity index is 3.63. The number of aldehydes is 1. The van der Waals surface area contributed by atoms with Gasteiger partial charge in [-0.3, -0.25) is 4.79 Å². The molecule has 0 saturated carbocycles. The molecule has 7 heteroatoms. The number of ether oxygens (including phenoxy) is 1. The molecule has 7 nitrogen and oxygen atoms in total. The van der Waals surface area contributed by atoms with Crippen LogP contribution in [0, 0.1) is 0 Å². The summed E-state index contributed by atoms with van der Waals surface area (Å²) in [6.45, 7) is 1.46. The van der Waals surface area contributed by atoms with E-state index in [0.29, 0.717) is 39.0 Å². The van der Waals surface area contributed by atoms with Gasteiger partial charge < -0.3 is 20.5 Å². The van der Waals surface area contributed by atoms with Gasteiger partial charge in [0.15, 0.2) is 0 Å². The van der Waals surface area contributed by atoms with E-state index in [-0.39, 0.29) is 18.6 Å². The summed E-state index contributed by atoms with van der Waals surface area (Å²) in [5.41, 5.74) is 0. The van der Waals surface area contributed by atoms with Gasteiger partial charge in [-0.1, -0.05) is 0 Å². The molecule has 0 radical (unpaired) electrons. The molecule has 0 aromatic rings. The fourth-order valence-electron chi connectivity index (χ4n) is 1.33. The Bertz CT molecular complexity index is 235. The van der Waals surface area contributed by atoms with Gasteiger partial charge in [0.1, 0.15) is 0 Å². The van der Waals surface area contributed by atoms with Crippen LogP contribution in [0.3, 0.4) is 0 Å². The van der Waals surface area contributed by atoms with Crippen molar-refractivity contribution in [2.75, 3.05) is 33.4 Å². The van der Waals surface area contributed by atoms with Crippen molar-refractivity contribution in [3.63, 3.8) is 0 Å². The lowest BCUT2D eigenvalue weighted by Gasteiger charge is -2.14. The standard InChI is InChI=1S/C11H22N2O5/c1-12-10(4-2-8-18-16)11(15)13-5-9-17-7-3-6-14/h8,10,12,14,16H,2-7,9H2,1H3/p+1. The fraction of sp³-hybridized carbons (Fsp3) is 0.818. The Morgan fingerprint density at radius 1 is 1.50 bits per heavy atom. The first-order chi connectivity index (χ1) is 8.76. The summed E-state index contributed by atoms with van der Waals surface area (Å²) in [6, 6.07) is -0.325. The minimum absolute atomic E-state index is 0.109. The smallest absolute Gasteiger partial charge is 0.374 e. The van der Waals surface area contributed by atoms with E-state index in [1.807, 2.05) is 0 Å². The van der Waals surface area contributed by atoms with E-state index in [2.05, 4.69) is 15.2 Å². The van der Waals surface area contributed by atoms with Crippen molar-refractivity contribution < 1.29 is 24.5 Å². The summed E-state index contributed by atoms with van der Waals surface area (Å²) in [7, 11) is 1.70. The molecule has 0 fully saturated rings. The van der Waals surface area contributed by atoms with Crippen LogP contribution in [0.15, 0.2) is 0 Å². The molecule has 0 saturated heterocycles. The minimum atomic E-state index is -0.325. The van der Waals surface area contributed by atoms with Crippen molar-refractivity contribution in [1.82, 2.24) is 10.6 Å². The van der Waals surface area contributed by atoms with Crippen molar-refractivity contribution >= 4 is 12.2 Å². The van der Waals surface area contributed by atoms with Gasteiger partial charge in [0.25, 0.3) is 0 Å². The quantitative estimate of drug-likeness (QED) is 0.127. The molecule has 1 amide bonds. The normalized spacial score (nSPS) is 12.8. The molecule has 0 rings (SSSR count). The summed E-state index contributed by atoms with van der Waals surface area (Å²) in [4.78, 5) is 11.7. The van der Waals surface area contributed by atoms with Crippen molar-refractivity contribution in [3.05, 3.63) is 0 Å². The lowest BCUT2D eigenvalue weighted by Crippen LogP contribution is -2.43. The van der Waals surface area contributed by atoms with Crippen LogP contribution < -0.4 is 10.6 Å². The van der Waals surface area contributed by atoms with E-state index in [0.717, 1.165) is 0 Å². The van der Waals surface area contributed by atoms with Crippen LogP contribution in [-0.4, -0.2) is 62.0 Å². The van der Waals surface area contributed by atoms with E-state index in [9.17, 15) is 4.79 Å². The van der Waals surface area contributed by atoms with Crippen molar-refractivity contribution in [2.24, 2.45) is 0 Å². The Morgan fingerprint density at radius 2 is 2.28 bits per heavy atom. The predicted molar refractivity (Wildman–Crippen MR) is 66.3 cm³/mol. The maximum Gasteiger partial charge on any atom is 0.374 e. The Hall–Kier alpha value is -1.18. The van der Waals surface area contributed by atoms with Crippen LogP contribution in [0.1, 0.15) is 19.3 Å². The second kappa shape index (κ2) is 12.3. The molecule has 0 aromatic carbocycles. The lowest BCUT2D eigenvalue weighted by atomic mass is 10.1. The largest absolute Gasteiger partial charge is 0.396 e. The molecule has 1 unspecified atom stereocenters. The van der Waals surface area contributed by atoms with Crippen molar-refractivity contribution in [3.8, 4) is 0 Å². The van der Waals surface area contributed by atoms with E-state index in [1.165, 1.54) is 6.29 Å². The molecule has 1 atom stereocenters. The van der Waals surface area contributed by atoms with Crippen LogP contribution in [-0.2, 0) is 14.1 Å². The van der Waals surface area contributed by atoms with Crippen LogP contribution in [0.25, 0.3) is 0 Å². The minimum Gasteiger partial charge on any atom is -0.396 e. The highest BCUT2D eigenvalue weighted by molar-refractivity contribution is 5.81. The molecular weight excluding hydrogens is 240 g/mol. The zero-order valence-corrected chi connectivity index (χ0v) is 10.7. The summed E-state index contributed by atoms with van der Waals surface area (Å²) >= 11 is 0. The number of hydrogen-bond acceptors (Lipinski definition) is 5. The first-order valence-electron chi connectivity index (χ1n) is 6.01. The number of amides is 1. The van der Waals surface area contributed by atoms with Gasteiger partial charge >= 0.3 is 6.29 Å². The molecule has 106 valence electrons. The first kappa shape index (κ1) is 16.8. The zero-order chi connectivity index (χ0) is 13.6. The second-order valence-corrected chi connectivity index (χ2v) is 3.67. The second-order valence-electron chi connectivity index (χ2n) is 3.67. The fourth-order valence-corrected chi connectivity index (χ4v) is 1.33. The monoisotopic (exact) mass is 263 g/mol. The third kappa shape index (κ3) is 8.91. The first-order valence-corrected chi connectivity index (χ1v) is 6.01. The summed E-state index contributed by atoms with van der Waals surface area (Å²) in [5, 5.41) is 22.3. The number of nitrogens with one attached hydrogen (secondary N) is 2. The molecule has 0 aliphatic carbocycles. The van der Waals surface area contributed by atoms with Crippen LogP contribution in [0.5, 0.6) is 0 Å². The zero-order valence-electron chi connectivity index (χ0n) is 10.7. The molecule has 0 heterocycles. The average Bonchev–Trinajstić information content (AvgIpc) is 2.38.